The van der Waals surface area contributed by atoms with Crippen LogP contribution < -0.4 is 0 Å². The van der Waals surface area contributed by atoms with Crippen LogP contribution in [0.1, 0.15) is 33.1 Å². The van der Waals surface area contributed by atoms with Crippen molar-refractivity contribution < 1.29 is 9.59 Å². The fourth-order valence-corrected chi connectivity index (χ4v) is 2.20. The zero-order valence-electron chi connectivity index (χ0n) is 11.2. The van der Waals surface area contributed by atoms with Crippen LogP contribution in [0.2, 0.25) is 0 Å². The predicted molar refractivity (Wildman–Crippen MR) is 72.8 cm³/mol. The van der Waals surface area contributed by atoms with Gasteiger partial charge in [-0.25, -0.2) is 0 Å². The number of allylic oxidation sites excluding steroid dienone is 4. The molecule has 0 unspecified atom stereocenters. The summed E-state index contributed by atoms with van der Waals surface area (Å²) >= 11 is 0. The average molecular weight is 247 g/mol. The van der Waals surface area contributed by atoms with Crippen LogP contribution in [0, 0.1) is 5.41 Å². The van der Waals surface area contributed by atoms with Crippen LogP contribution in [0.4, 0.5) is 0 Å². The van der Waals surface area contributed by atoms with Crippen molar-refractivity contribution in [2.45, 2.75) is 33.1 Å². The Morgan fingerprint density at radius 2 is 2.11 bits per heavy atom. The van der Waals surface area contributed by atoms with Gasteiger partial charge in [0.25, 0.3) is 0 Å². The van der Waals surface area contributed by atoms with Gasteiger partial charge in [0, 0.05) is 29.8 Å². The number of likely N-dealkylation sites (tertiary alicyclic amines) is 1. The van der Waals surface area contributed by atoms with E-state index in [1.54, 1.807) is 0 Å². The summed E-state index contributed by atoms with van der Waals surface area (Å²) < 4.78 is 0. The minimum atomic E-state index is -0.0169. The highest BCUT2D eigenvalue weighted by atomic mass is 16.1. The van der Waals surface area contributed by atoms with Crippen molar-refractivity contribution >= 4 is 12.1 Å². The first kappa shape index (κ1) is 14.4. The van der Waals surface area contributed by atoms with Crippen LogP contribution in [0.3, 0.4) is 0 Å². The smallest absolute Gasteiger partial charge is 0.155 e. The summed E-state index contributed by atoms with van der Waals surface area (Å²) in [5.74, 6) is -0.0169. The monoisotopic (exact) mass is 247 g/mol. The predicted octanol–water partition coefficient (Wildman–Crippen LogP) is 2.85. The van der Waals surface area contributed by atoms with E-state index in [9.17, 15) is 9.59 Å². The summed E-state index contributed by atoms with van der Waals surface area (Å²) in [6, 6.07) is 0. The van der Waals surface area contributed by atoms with Crippen LogP contribution in [-0.2, 0) is 9.59 Å². The Hall–Kier alpha value is -1.64. The first-order chi connectivity index (χ1) is 8.38. The molecule has 0 aliphatic carbocycles. The molecule has 1 saturated heterocycles. The van der Waals surface area contributed by atoms with Gasteiger partial charge in [0.1, 0.15) is 6.29 Å². The standard InChI is InChI=1S/C15H21NO2/c1-12-11-15(3,4)13(2)16(12)9-5-7-14(18)8-6-10-17/h6,8,10H,1-2,5,7,9,11H2,3-4H3/b8-6+. The lowest BCUT2D eigenvalue weighted by Crippen LogP contribution is -2.20. The summed E-state index contributed by atoms with van der Waals surface area (Å²) in [5.41, 5.74) is 2.21. The molecule has 0 radical (unpaired) electrons. The molecule has 0 amide bonds. The maximum atomic E-state index is 11.4. The van der Waals surface area contributed by atoms with E-state index in [1.807, 2.05) is 0 Å². The van der Waals surface area contributed by atoms with Gasteiger partial charge >= 0.3 is 0 Å². The van der Waals surface area contributed by atoms with Gasteiger partial charge in [-0.3, -0.25) is 9.59 Å². The van der Waals surface area contributed by atoms with Crippen LogP contribution in [0.15, 0.2) is 36.7 Å². The molecular formula is C15H21NO2. The Bertz CT molecular complexity index is 405. The van der Waals surface area contributed by atoms with Gasteiger partial charge in [-0.1, -0.05) is 27.0 Å². The molecule has 3 nitrogen and oxygen atoms in total. The number of carbonyl (C=O) groups excluding carboxylic acids is 2. The number of hydrogen-bond donors (Lipinski definition) is 0. The zero-order valence-corrected chi connectivity index (χ0v) is 11.2. The summed E-state index contributed by atoms with van der Waals surface area (Å²) in [6.07, 6.45) is 5.29. The number of carbonyl (C=O) groups is 2. The molecule has 98 valence electrons. The number of rotatable bonds is 6. The van der Waals surface area contributed by atoms with Crippen molar-refractivity contribution in [2.75, 3.05) is 6.54 Å². The lowest BCUT2D eigenvalue weighted by atomic mass is 9.89. The summed E-state index contributed by atoms with van der Waals surface area (Å²) in [7, 11) is 0. The van der Waals surface area contributed by atoms with E-state index < -0.39 is 0 Å². The van der Waals surface area contributed by atoms with Gasteiger partial charge in [-0.2, -0.15) is 0 Å². The molecule has 1 aliphatic rings. The van der Waals surface area contributed by atoms with Crippen molar-refractivity contribution in [3.05, 3.63) is 36.7 Å². The van der Waals surface area contributed by atoms with E-state index in [-0.39, 0.29) is 11.2 Å². The molecule has 1 fully saturated rings. The molecule has 0 aromatic rings. The summed E-state index contributed by atoms with van der Waals surface area (Å²) in [4.78, 5) is 23.5. The molecule has 0 N–H and O–H groups in total. The normalized spacial score (nSPS) is 18.7. The molecule has 0 atom stereocenters. The zero-order chi connectivity index (χ0) is 13.8. The van der Waals surface area contributed by atoms with E-state index in [4.69, 9.17) is 0 Å². The molecular weight excluding hydrogens is 226 g/mol. The number of hydrogen-bond acceptors (Lipinski definition) is 3. The van der Waals surface area contributed by atoms with E-state index in [2.05, 4.69) is 31.9 Å². The van der Waals surface area contributed by atoms with E-state index in [1.165, 1.54) is 12.2 Å². The Morgan fingerprint density at radius 1 is 1.44 bits per heavy atom. The van der Waals surface area contributed by atoms with Crippen molar-refractivity contribution in [1.82, 2.24) is 4.90 Å². The highest BCUT2D eigenvalue weighted by Gasteiger charge is 2.35. The third kappa shape index (κ3) is 3.42. The Balaban J connectivity index is 2.43. The Morgan fingerprint density at radius 3 is 2.61 bits per heavy atom. The van der Waals surface area contributed by atoms with Crippen molar-refractivity contribution in [2.24, 2.45) is 5.41 Å². The second-order valence-corrected chi connectivity index (χ2v) is 5.29. The van der Waals surface area contributed by atoms with Gasteiger partial charge < -0.3 is 4.90 Å². The van der Waals surface area contributed by atoms with E-state index in [0.717, 1.165) is 30.8 Å². The van der Waals surface area contributed by atoms with Crippen LogP contribution in [0.25, 0.3) is 0 Å². The van der Waals surface area contributed by atoms with Crippen LogP contribution >= 0.6 is 0 Å². The summed E-state index contributed by atoms with van der Waals surface area (Å²) in [5, 5.41) is 0. The van der Waals surface area contributed by atoms with Crippen molar-refractivity contribution in [3.8, 4) is 0 Å². The van der Waals surface area contributed by atoms with Crippen LogP contribution in [0.5, 0.6) is 0 Å². The van der Waals surface area contributed by atoms with Gasteiger partial charge in [-0.05, 0) is 25.0 Å². The molecule has 0 bridgehead atoms. The molecule has 1 rings (SSSR count). The first-order valence-electron chi connectivity index (χ1n) is 6.18. The minimum absolute atomic E-state index is 0.0169. The van der Waals surface area contributed by atoms with Gasteiger partial charge in [0.15, 0.2) is 5.78 Å². The summed E-state index contributed by atoms with van der Waals surface area (Å²) in [6.45, 7) is 13.2. The fourth-order valence-electron chi connectivity index (χ4n) is 2.20. The largest absolute Gasteiger partial charge is 0.349 e. The molecule has 1 heterocycles. The molecule has 0 saturated carbocycles. The number of aldehydes is 1. The maximum Gasteiger partial charge on any atom is 0.155 e. The molecule has 18 heavy (non-hydrogen) atoms. The molecule has 0 aromatic heterocycles. The second-order valence-electron chi connectivity index (χ2n) is 5.29. The highest BCUT2D eigenvalue weighted by Crippen LogP contribution is 2.43. The lowest BCUT2D eigenvalue weighted by molar-refractivity contribution is -0.115. The third-order valence-electron chi connectivity index (χ3n) is 3.30. The van der Waals surface area contributed by atoms with Gasteiger partial charge in [0.2, 0.25) is 0 Å². The second kappa shape index (κ2) is 5.80. The number of ketones is 1. The first-order valence-corrected chi connectivity index (χ1v) is 6.18. The van der Waals surface area contributed by atoms with Gasteiger partial charge in [-0.15, -0.1) is 0 Å². The lowest BCUT2D eigenvalue weighted by Gasteiger charge is -2.24. The SMILES string of the molecule is C=C1CC(C)(C)C(=C)N1CCCC(=O)/C=C/C=O. The molecule has 3 heteroatoms. The van der Waals surface area contributed by atoms with Crippen LogP contribution in [-0.4, -0.2) is 23.5 Å². The van der Waals surface area contributed by atoms with Gasteiger partial charge in [0.05, 0.1) is 0 Å². The molecule has 1 aliphatic heterocycles. The van der Waals surface area contributed by atoms with Crippen molar-refractivity contribution in [1.29, 1.82) is 0 Å². The highest BCUT2D eigenvalue weighted by molar-refractivity contribution is 5.92. The number of nitrogens with zero attached hydrogens (tertiary/aromatic N) is 1. The quantitative estimate of drug-likeness (QED) is 0.535. The third-order valence-corrected chi connectivity index (χ3v) is 3.30. The minimum Gasteiger partial charge on any atom is -0.349 e. The molecule has 0 aromatic carbocycles. The van der Waals surface area contributed by atoms with Crippen molar-refractivity contribution in [3.63, 3.8) is 0 Å². The van der Waals surface area contributed by atoms with E-state index in [0.29, 0.717) is 12.7 Å². The topological polar surface area (TPSA) is 37.4 Å². The average Bonchev–Trinajstić information content (AvgIpc) is 2.48. The fraction of sp³-hybridized carbons (Fsp3) is 0.467. The Labute approximate surface area is 109 Å². The van der Waals surface area contributed by atoms with E-state index >= 15 is 0 Å². The Kier molecular flexibility index (Phi) is 4.65. The molecule has 0 spiro atoms. The maximum absolute atomic E-state index is 11.4.